The summed E-state index contributed by atoms with van der Waals surface area (Å²) in [5, 5.41) is 12.9. The summed E-state index contributed by atoms with van der Waals surface area (Å²) in [5.74, 6) is -1.21. The molecule has 0 spiro atoms. The number of anilines is 1. The lowest BCUT2D eigenvalue weighted by Crippen LogP contribution is -2.54. The number of alkyl halides is 3. The second kappa shape index (κ2) is 9.40. The SMILES string of the molecule is C[C@@H]1CN(Cc2ccc(C(F)(F)F)cc2N2C3CCC2COC3)CCN1C(=O)n1ccc(C(=O)O)n1. The average Bonchev–Trinajstić information content (AvgIpc) is 3.41. The van der Waals surface area contributed by atoms with E-state index in [1.165, 1.54) is 18.3 Å². The first-order valence-corrected chi connectivity index (χ1v) is 12.0. The molecule has 3 aliphatic heterocycles. The Balaban J connectivity index is 1.33. The highest BCUT2D eigenvalue weighted by Gasteiger charge is 2.40. The van der Waals surface area contributed by atoms with E-state index in [0.29, 0.717) is 45.1 Å². The van der Waals surface area contributed by atoms with E-state index in [1.54, 1.807) is 11.0 Å². The number of nitrogens with zero attached hydrogens (tertiary/aromatic N) is 5. The molecule has 0 aliphatic carbocycles. The Kier molecular flexibility index (Phi) is 6.41. The maximum absolute atomic E-state index is 13.6. The van der Waals surface area contributed by atoms with Crippen LogP contribution in [0.4, 0.5) is 23.7 Å². The van der Waals surface area contributed by atoms with Gasteiger partial charge in [0.15, 0.2) is 5.69 Å². The van der Waals surface area contributed by atoms with Gasteiger partial charge >= 0.3 is 18.2 Å². The van der Waals surface area contributed by atoms with Crippen LogP contribution in [0.3, 0.4) is 0 Å². The van der Waals surface area contributed by atoms with E-state index in [9.17, 15) is 22.8 Å². The van der Waals surface area contributed by atoms with Crippen LogP contribution < -0.4 is 4.90 Å². The van der Waals surface area contributed by atoms with Crippen LogP contribution >= 0.6 is 0 Å². The molecule has 3 aliphatic rings. The Morgan fingerprint density at radius 3 is 2.47 bits per heavy atom. The molecular weight excluding hydrogens is 479 g/mol. The first-order chi connectivity index (χ1) is 17.1. The van der Waals surface area contributed by atoms with E-state index in [4.69, 9.17) is 9.84 Å². The smallest absolute Gasteiger partial charge is 0.416 e. The Morgan fingerprint density at radius 2 is 1.86 bits per heavy atom. The molecule has 194 valence electrons. The van der Waals surface area contributed by atoms with Crippen LogP contribution in [0.15, 0.2) is 30.5 Å². The molecule has 4 heterocycles. The number of benzene rings is 1. The summed E-state index contributed by atoms with van der Waals surface area (Å²) in [6.07, 6.45) is -1.30. The van der Waals surface area contributed by atoms with E-state index in [2.05, 4.69) is 14.9 Å². The number of aromatic carboxylic acids is 1. The lowest BCUT2D eigenvalue weighted by Gasteiger charge is -2.41. The highest BCUT2D eigenvalue weighted by atomic mass is 19.4. The Hall–Kier alpha value is -3.12. The molecule has 1 amide bonds. The van der Waals surface area contributed by atoms with Crippen LogP contribution in [0.5, 0.6) is 0 Å². The molecule has 36 heavy (non-hydrogen) atoms. The average molecular weight is 508 g/mol. The highest BCUT2D eigenvalue weighted by Crippen LogP contribution is 2.40. The second-order valence-electron chi connectivity index (χ2n) is 9.68. The molecule has 12 heteroatoms. The number of piperazine rings is 1. The van der Waals surface area contributed by atoms with Gasteiger partial charge in [-0.15, -0.1) is 0 Å². The van der Waals surface area contributed by atoms with Gasteiger partial charge in [0.2, 0.25) is 0 Å². The Bertz CT molecular complexity index is 1140. The maximum atomic E-state index is 13.6. The number of rotatable bonds is 4. The second-order valence-corrected chi connectivity index (χ2v) is 9.68. The van der Waals surface area contributed by atoms with Crippen molar-refractivity contribution in [1.82, 2.24) is 19.6 Å². The van der Waals surface area contributed by atoms with Crippen molar-refractivity contribution in [3.05, 3.63) is 47.3 Å². The van der Waals surface area contributed by atoms with Crippen LogP contribution in [0, 0.1) is 0 Å². The molecule has 1 aromatic heterocycles. The topological polar surface area (TPSA) is 91.1 Å². The Labute approximate surface area is 206 Å². The number of fused-ring (bicyclic) bond motifs is 2. The zero-order valence-electron chi connectivity index (χ0n) is 19.8. The number of carboxylic acids is 1. The van der Waals surface area contributed by atoms with Gasteiger partial charge in [-0.05, 0) is 43.5 Å². The Morgan fingerprint density at radius 1 is 1.14 bits per heavy atom. The maximum Gasteiger partial charge on any atom is 0.416 e. The van der Waals surface area contributed by atoms with Crippen molar-refractivity contribution in [2.45, 2.75) is 50.6 Å². The van der Waals surface area contributed by atoms with Gasteiger partial charge in [-0.25, -0.2) is 9.59 Å². The molecule has 5 rings (SSSR count). The van der Waals surface area contributed by atoms with Crippen LogP contribution in [-0.2, 0) is 17.5 Å². The minimum absolute atomic E-state index is 0.0733. The first-order valence-electron chi connectivity index (χ1n) is 12.0. The van der Waals surface area contributed by atoms with E-state index in [0.717, 1.165) is 29.2 Å². The van der Waals surface area contributed by atoms with Gasteiger partial charge in [0.1, 0.15) is 0 Å². The third-order valence-electron chi connectivity index (χ3n) is 7.29. The standard InChI is InChI=1S/C24H28F3N5O4/c1-15-11-29(8-9-30(15)23(35)31-7-6-20(28-31)22(33)34)12-16-2-3-17(24(25,26)27)10-21(16)32-18-4-5-19(32)14-36-13-18/h2-3,6-7,10,15,18-19H,4-5,8-9,11-14H2,1H3,(H,33,34)/t15-,18?,19?/m1/s1. The normalized spacial score (nSPS) is 24.8. The summed E-state index contributed by atoms with van der Waals surface area (Å²) in [6.45, 7) is 4.82. The molecule has 2 aromatic rings. The number of halogens is 3. The number of aromatic nitrogens is 2. The summed E-state index contributed by atoms with van der Waals surface area (Å²) < 4.78 is 47.3. The predicted molar refractivity (Wildman–Crippen MR) is 123 cm³/mol. The van der Waals surface area contributed by atoms with Gasteiger partial charge < -0.3 is 19.6 Å². The van der Waals surface area contributed by atoms with Crippen molar-refractivity contribution in [2.24, 2.45) is 0 Å². The summed E-state index contributed by atoms with van der Waals surface area (Å²) >= 11 is 0. The minimum Gasteiger partial charge on any atom is -0.476 e. The molecule has 3 saturated heterocycles. The van der Waals surface area contributed by atoms with Gasteiger partial charge in [-0.1, -0.05) is 6.07 Å². The fourth-order valence-electron chi connectivity index (χ4n) is 5.51. The summed E-state index contributed by atoms with van der Waals surface area (Å²) in [4.78, 5) is 29.8. The van der Waals surface area contributed by atoms with E-state index >= 15 is 0 Å². The van der Waals surface area contributed by atoms with Crippen molar-refractivity contribution < 1.29 is 32.6 Å². The fraction of sp³-hybridized carbons (Fsp3) is 0.542. The monoisotopic (exact) mass is 507 g/mol. The van der Waals surface area contributed by atoms with Gasteiger partial charge in [0, 0.05) is 44.1 Å². The third kappa shape index (κ3) is 4.66. The molecule has 9 nitrogen and oxygen atoms in total. The molecule has 2 bridgehead atoms. The molecule has 0 saturated carbocycles. The summed E-state index contributed by atoms with van der Waals surface area (Å²) in [5.41, 5.74) is 0.578. The van der Waals surface area contributed by atoms with Crippen molar-refractivity contribution >= 4 is 17.7 Å². The van der Waals surface area contributed by atoms with Gasteiger partial charge in [-0.2, -0.15) is 23.0 Å². The minimum atomic E-state index is -4.42. The number of ether oxygens (including phenoxy) is 1. The van der Waals surface area contributed by atoms with Crippen molar-refractivity contribution in [3.63, 3.8) is 0 Å². The lowest BCUT2D eigenvalue weighted by atomic mass is 10.0. The summed E-state index contributed by atoms with van der Waals surface area (Å²) in [6, 6.07) is 4.80. The largest absolute Gasteiger partial charge is 0.476 e. The first kappa shape index (κ1) is 24.6. The number of amides is 1. The molecule has 3 atom stereocenters. The molecule has 3 fully saturated rings. The molecule has 1 aromatic carbocycles. The van der Waals surface area contributed by atoms with Crippen molar-refractivity contribution in [2.75, 3.05) is 37.7 Å². The molecule has 2 unspecified atom stereocenters. The van der Waals surface area contributed by atoms with Gasteiger partial charge in [0.05, 0.1) is 30.9 Å². The molecular formula is C24H28F3N5O4. The van der Waals surface area contributed by atoms with E-state index in [-0.39, 0.29) is 23.8 Å². The summed E-state index contributed by atoms with van der Waals surface area (Å²) in [7, 11) is 0. The number of carbonyl (C=O) groups excluding carboxylic acids is 1. The number of carbonyl (C=O) groups is 2. The van der Waals surface area contributed by atoms with Crippen LogP contribution in [-0.4, -0.2) is 87.7 Å². The fourth-order valence-corrected chi connectivity index (χ4v) is 5.51. The van der Waals surface area contributed by atoms with Crippen molar-refractivity contribution in [1.29, 1.82) is 0 Å². The van der Waals surface area contributed by atoms with Crippen molar-refractivity contribution in [3.8, 4) is 0 Å². The molecule has 0 radical (unpaired) electrons. The number of morpholine rings is 1. The van der Waals surface area contributed by atoms with Crippen LogP contribution in [0.2, 0.25) is 0 Å². The number of carboxylic acid groups (broad SMARTS) is 1. The van der Waals surface area contributed by atoms with E-state index in [1.807, 2.05) is 6.92 Å². The zero-order chi connectivity index (χ0) is 25.6. The van der Waals surface area contributed by atoms with E-state index < -0.39 is 23.7 Å². The quantitative estimate of drug-likeness (QED) is 0.680. The van der Waals surface area contributed by atoms with Crippen LogP contribution in [0.25, 0.3) is 0 Å². The predicted octanol–water partition coefficient (Wildman–Crippen LogP) is 3.14. The zero-order valence-corrected chi connectivity index (χ0v) is 19.8. The van der Waals surface area contributed by atoms with Gasteiger partial charge in [0.25, 0.3) is 0 Å². The van der Waals surface area contributed by atoms with Gasteiger partial charge in [-0.3, -0.25) is 4.90 Å². The lowest BCUT2D eigenvalue weighted by molar-refractivity contribution is -0.137. The highest BCUT2D eigenvalue weighted by molar-refractivity contribution is 5.86. The number of hydrogen-bond acceptors (Lipinski definition) is 6. The third-order valence-corrected chi connectivity index (χ3v) is 7.29. The molecule has 1 N–H and O–H groups in total. The van der Waals surface area contributed by atoms with Crippen LogP contribution in [0.1, 0.15) is 41.4 Å². The number of hydrogen-bond donors (Lipinski definition) is 1.